The Morgan fingerprint density at radius 2 is 1.73 bits per heavy atom. The zero-order valence-corrected chi connectivity index (χ0v) is 5.86. The van der Waals surface area contributed by atoms with Gasteiger partial charge in [0.25, 0.3) is 0 Å². The number of carbonyl (C=O) groups is 2. The summed E-state index contributed by atoms with van der Waals surface area (Å²) in [6.07, 6.45) is -0.473. The van der Waals surface area contributed by atoms with E-state index in [-0.39, 0.29) is 0 Å². The van der Waals surface area contributed by atoms with Gasteiger partial charge in [-0.3, -0.25) is 9.59 Å². The van der Waals surface area contributed by atoms with Crippen LogP contribution in [-0.2, 0) is 9.59 Å². The van der Waals surface area contributed by atoms with Gasteiger partial charge in [0.05, 0.1) is 0 Å². The van der Waals surface area contributed by atoms with E-state index in [4.69, 9.17) is 0 Å². The smallest absolute Gasteiger partial charge is 0.292 e. The van der Waals surface area contributed by atoms with Crippen LogP contribution in [0.15, 0.2) is 0 Å². The Hall–Kier alpha value is -0.870. The second-order valence-electron chi connectivity index (χ2n) is 1.91. The van der Waals surface area contributed by atoms with Crippen molar-refractivity contribution in [3.05, 3.63) is 0 Å². The van der Waals surface area contributed by atoms with E-state index in [1.165, 1.54) is 6.92 Å². The summed E-state index contributed by atoms with van der Waals surface area (Å²) in [5.41, 5.74) is 0. The van der Waals surface area contributed by atoms with Gasteiger partial charge in [0.1, 0.15) is 0 Å². The second-order valence-corrected chi connectivity index (χ2v) is 1.91. The summed E-state index contributed by atoms with van der Waals surface area (Å²) in [5.74, 6) is -7.65. The Bertz CT molecular complexity index is 159. The molecule has 0 saturated heterocycles. The summed E-state index contributed by atoms with van der Waals surface area (Å²) in [5, 5.41) is 0. The lowest BCUT2D eigenvalue weighted by molar-refractivity contribution is -0.157. The average molecular weight is 168 g/mol. The molecular weight excluding hydrogens is 161 g/mol. The van der Waals surface area contributed by atoms with E-state index in [9.17, 15) is 22.8 Å². The fourth-order valence-electron chi connectivity index (χ4n) is 0.461. The molecule has 0 radical (unpaired) electrons. The minimum atomic E-state index is -4.14. The Morgan fingerprint density at radius 3 is 2.00 bits per heavy atom. The van der Waals surface area contributed by atoms with Crippen LogP contribution >= 0.6 is 0 Å². The molecule has 0 bridgehead atoms. The lowest BCUT2D eigenvalue weighted by Gasteiger charge is -2.09. The largest absolute Gasteiger partial charge is 0.365 e. The van der Waals surface area contributed by atoms with Crippen molar-refractivity contribution >= 4 is 11.6 Å². The minimum absolute atomic E-state index is 0.473. The van der Waals surface area contributed by atoms with E-state index in [2.05, 4.69) is 0 Å². The highest BCUT2D eigenvalue weighted by Crippen LogP contribution is 2.17. The molecular formula is C6H7F3O2. The maximum absolute atomic E-state index is 12.3. The minimum Gasteiger partial charge on any atom is -0.292 e. The molecule has 0 aliphatic carbocycles. The Labute approximate surface area is 61.4 Å². The maximum Gasteiger partial charge on any atom is 0.365 e. The molecule has 0 aliphatic rings. The van der Waals surface area contributed by atoms with E-state index in [0.29, 0.717) is 0 Å². The SMILES string of the molecule is CCC(=O)C(F)(F)C(=O)CF. The third-order valence-electron chi connectivity index (χ3n) is 1.14. The Balaban J connectivity index is 4.44. The topological polar surface area (TPSA) is 34.1 Å². The normalized spacial score (nSPS) is 11.3. The van der Waals surface area contributed by atoms with Gasteiger partial charge < -0.3 is 0 Å². The molecule has 0 aromatic rings. The van der Waals surface area contributed by atoms with Crippen LogP contribution in [0.2, 0.25) is 0 Å². The second kappa shape index (κ2) is 3.50. The van der Waals surface area contributed by atoms with E-state index >= 15 is 0 Å². The number of halogens is 3. The molecule has 2 nitrogen and oxygen atoms in total. The van der Waals surface area contributed by atoms with E-state index in [1.54, 1.807) is 0 Å². The van der Waals surface area contributed by atoms with E-state index < -0.39 is 30.6 Å². The van der Waals surface area contributed by atoms with Crippen molar-refractivity contribution in [2.24, 2.45) is 0 Å². The van der Waals surface area contributed by atoms with E-state index in [1.807, 2.05) is 0 Å². The van der Waals surface area contributed by atoms with Crippen LogP contribution in [0.4, 0.5) is 13.2 Å². The number of carbonyl (C=O) groups excluding carboxylic acids is 2. The zero-order valence-electron chi connectivity index (χ0n) is 5.86. The first kappa shape index (κ1) is 10.1. The molecule has 0 saturated carbocycles. The lowest BCUT2D eigenvalue weighted by atomic mass is 10.1. The van der Waals surface area contributed by atoms with Gasteiger partial charge in [-0.05, 0) is 0 Å². The third kappa shape index (κ3) is 2.03. The highest BCUT2D eigenvalue weighted by Gasteiger charge is 2.44. The molecule has 0 N–H and O–H groups in total. The fraction of sp³-hybridized carbons (Fsp3) is 0.667. The van der Waals surface area contributed by atoms with Gasteiger partial charge in [0.2, 0.25) is 11.6 Å². The number of alkyl halides is 3. The van der Waals surface area contributed by atoms with Gasteiger partial charge in [-0.2, -0.15) is 8.78 Å². The monoisotopic (exact) mass is 168 g/mol. The van der Waals surface area contributed by atoms with Gasteiger partial charge in [-0.25, -0.2) is 4.39 Å². The summed E-state index contributed by atoms with van der Waals surface area (Å²) in [4.78, 5) is 20.4. The van der Waals surface area contributed by atoms with Gasteiger partial charge >= 0.3 is 5.92 Å². The van der Waals surface area contributed by atoms with Gasteiger partial charge in [-0.1, -0.05) is 6.92 Å². The predicted octanol–water partition coefficient (Wildman–Crippen LogP) is 1.14. The molecule has 0 amide bonds. The van der Waals surface area contributed by atoms with E-state index in [0.717, 1.165) is 0 Å². The van der Waals surface area contributed by atoms with Crippen molar-refractivity contribution in [2.75, 3.05) is 6.67 Å². The van der Waals surface area contributed by atoms with Crippen LogP contribution in [0, 0.1) is 0 Å². The standard InChI is InChI=1S/C6H7F3O2/c1-2-4(10)6(8,9)5(11)3-7/h2-3H2,1H3. The molecule has 0 unspecified atom stereocenters. The first-order valence-corrected chi connectivity index (χ1v) is 2.97. The van der Waals surface area contributed by atoms with Crippen LogP contribution in [0.5, 0.6) is 0 Å². The highest BCUT2D eigenvalue weighted by atomic mass is 19.3. The summed E-state index contributed by atoms with van der Waals surface area (Å²) < 4.78 is 35.9. The summed E-state index contributed by atoms with van der Waals surface area (Å²) in [6, 6.07) is 0. The number of hydrogen-bond donors (Lipinski definition) is 0. The molecule has 0 heterocycles. The number of ketones is 2. The highest BCUT2D eigenvalue weighted by molar-refractivity contribution is 6.08. The quantitative estimate of drug-likeness (QED) is 0.590. The van der Waals surface area contributed by atoms with Crippen LogP contribution in [0.1, 0.15) is 13.3 Å². The van der Waals surface area contributed by atoms with Crippen molar-refractivity contribution < 1.29 is 22.8 Å². The number of Topliss-reactive ketones (excluding diaryl/α,β-unsaturated/α-hetero) is 2. The van der Waals surface area contributed by atoms with Crippen LogP contribution in [0.3, 0.4) is 0 Å². The fourth-order valence-corrected chi connectivity index (χ4v) is 0.461. The van der Waals surface area contributed by atoms with Crippen LogP contribution in [-0.4, -0.2) is 24.2 Å². The number of hydrogen-bond acceptors (Lipinski definition) is 2. The lowest BCUT2D eigenvalue weighted by Crippen LogP contribution is -2.38. The molecule has 0 aliphatic heterocycles. The number of rotatable bonds is 4. The molecule has 0 spiro atoms. The Kier molecular flexibility index (Phi) is 3.22. The predicted molar refractivity (Wildman–Crippen MR) is 31.2 cm³/mol. The van der Waals surface area contributed by atoms with Gasteiger partial charge in [0, 0.05) is 6.42 Å². The molecule has 0 atom stereocenters. The third-order valence-corrected chi connectivity index (χ3v) is 1.14. The van der Waals surface area contributed by atoms with Crippen LogP contribution in [0.25, 0.3) is 0 Å². The van der Waals surface area contributed by atoms with Crippen molar-refractivity contribution in [3.63, 3.8) is 0 Å². The van der Waals surface area contributed by atoms with Crippen molar-refractivity contribution in [2.45, 2.75) is 19.3 Å². The van der Waals surface area contributed by atoms with Crippen LogP contribution < -0.4 is 0 Å². The van der Waals surface area contributed by atoms with Gasteiger partial charge in [0.15, 0.2) is 6.67 Å². The molecule has 11 heavy (non-hydrogen) atoms. The molecule has 0 aromatic heterocycles. The van der Waals surface area contributed by atoms with Gasteiger partial charge in [-0.15, -0.1) is 0 Å². The molecule has 0 fully saturated rings. The Morgan fingerprint density at radius 1 is 1.27 bits per heavy atom. The molecule has 0 rings (SSSR count). The zero-order chi connectivity index (χ0) is 9.07. The van der Waals surface area contributed by atoms with Crippen molar-refractivity contribution in [1.29, 1.82) is 0 Å². The van der Waals surface area contributed by atoms with Crippen molar-refractivity contribution in [1.82, 2.24) is 0 Å². The summed E-state index contributed by atoms with van der Waals surface area (Å²) in [7, 11) is 0. The summed E-state index contributed by atoms with van der Waals surface area (Å²) >= 11 is 0. The maximum atomic E-state index is 12.3. The summed E-state index contributed by atoms with van der Waals surface area (Å²) in [6.45, 7) is -0.625. The molecule has 5 heteroatoms. The molecule has 64 valence electrons. The first-order chi connectivity index (χ1) is 4.96. The first-order valence-electron chi connectivity index (χ1n) is 2.97. The van der Waals surface area contributed by atoms with Crippen molar-refractivity contribution in [3.8, 4) is 0 Å². The molecule has 0 aromatic carbocycles. The average Bonchev–Trinajstić information content (AvgIpc) is 2.01.